The van der Waals surface area contributed by atoms with Gasteiger partial charge in [-0.3, -0.25) is 9.78 Å². The van der Waals surface area contributed by atoms with E-state index in [1.54, 1.807) is 23.3 Å². The first-order chi connectivity index (χ1) is 4.79. The molecular formula is C6H9N2O2+. The van der Waals surface area contributed by atoms with Gasteiger partial charge in [-0.2, -0.15) is 0 Å². The molecule has 1 heterocycles. The Kier molecular flexibility index (Phi) is 2.04. The second kappa shape index (κ2) is 3.00. The van der Waals surface area contributed by atoms with E-state index in [4.69, 9.17) is 4.74 Å². The number of aromatic nitrogens is 2. The van der Waals surface area contributed by atoms with E-state index in [1.807, 2.05) is 0 Å². The van der Waals surface area contributed by atoms with Gasteiger partial charge in [-0.15, -0.1) is 0 Å². The monoisotopic (exact) mass is 141 g/mol. The summed E-state index contributed by atoms with van der Waals surface area (Å²) in [4.78, 5) is 13.1. The van der Waals surface area contributed by atoms with Crippen LogP contribution in [0.25, 0.3) is 0 Å². The minimum Gasteiger partial charge on any atom is -0.425 e. The molecule has 0 unspecified atom stereocenters. The number of ether oxygens (including phenoxy) is 1. The standard InChI is InChI=1S/C6H8N2O2/c1-6(9)10-5-8-3-2-7-4-8/h2-4H,5H2,1H3/p+1. The van der Waals surface area contributed by atoms with Crippen LogP contribution < -0.4 is 4.57 Å². The normalized spacial score (nSPS) is 9.30. The number of carbonyl (C=O) groups excluding carboxylic acids is 1. The van der Waals surface area contributed by atoms with E-state index in [1.165, 1.54) is 6.92 Å². The van der Waals surface area contributed by atoms with E-state index < -0.39 is 0 Å². The summed E-state index contributed by atoms with van der Waals surface area (Å²) in [6.07, 6.45) is 5.25. The van der Waals surface area contributed by atoms with Crippen molar-refractivity contribution < 1.29 is 14.1 Å². The number of hydrogen-bond acceptors (Lipinski definition) is 2. The van der Waals surface area contributed by atoms with E-state index >= 15 is 0 Å². The summed E-state index contributed by atoms with van der Waals surface area (Å²) < 4.78 is 6.41. The van der Waals surface area contributed by atoms with Crippen LogP contribution in [0.5, 0.6) is 0 Å². The highest BCUT2D eigenvalue weighted by Gasteiger charge is 1.96. The largest absolute Gasteiger partial charge is 0.425 e. The molecule has 1 N–H and O–H groups in total. The van der Waals surface area contributed by atoms with Crippen molar-refractivity contribution in [2.24, 2.45) is 0 Å². The average Bonchev–Trinajstić information content (AvgIpc) is 2.34. The van der Waals surface area contributed by atoms with Crippen LogP contribution in [0.1, 0.15) is 6.92 Å². The molecule has 0 aromatic carbocycles. The summed E-state index contributed by atoms with van der Waals surface area (Å²) in [6, 6.07) is 0. The molecule has 4 heteroatoms. The molecule has 0 spiro atoms. The number of H-pyrrole nitrogens is 1. The average molecular weight is 141 g/mol. The van der Waals surface area contributed by atoms with Crippen molar-refractivity contribution in [2.45, 2.75) is 13.7 Å². The third-order valence-electron chi connectivity index (χ3n) is 1.02. The van der Waals surface area contributed by atoms with Gasteiger partial charge in [0.15, 0.2) is 0 Å². The zero-order valence-electron chi connectivity index (χ0n) is 5.70. The highest BCUT2D eigenvalue weighted by atomic mass is 16.5. The van der Waals surface area contributed by atoms with Gasteiger partial charge in [0.25, 0.3) is 0 Å². The molecule has 1 aromatic heterocycles. The van der Waals surface area contributed by atoms with Crippen LogP contribution in [0.2, 0.25) is 0 Å². The fraction of sp³-hybridized carbons (Fsp3) is 0.333. The number of imidazole rings is 1. The Bertz CT molecular complexity index is 206. The first-order valence-corrected chi connectivity index (χ1v) is 2.94. The summed E-state index contributed by atoms with van der Waals surface area (Å²) in [5, 5.41) is 0. The van der Waals surface area contributed by atoms with Gasteiger partial charge in [0.05, 0.1) is 0 Å². The Hall–Kier alpha value is -1.32. The number of nitrogens with zero attached hydrogens (tertiary/aromatic N) is 1. The number of nitrogens with one attached hydrogen (secondary N) is 1. The van der Waals surface area contributed by atoms with Crippen LogP contribution in [-0.2, 0) is 16.3 Å². The topological polar surface area (TPSA) is 46.0 Å². The van der Waals surface area contributed by atoms with Crippen LogP contribution >= 0.6 is 0 Å². The Morgan fingerprint density at radius 2 is 2.60 bits per heavy atom. The lowest BCUT2D eigenvalue weighted by Crippen LogP contribution is -2.32. The highest BCUT2D eigenvalue weighted by molar-refractivity contribution is 5.65. The van der Waals surface area contributed by atoms with Crippen molar-refractivity contribution >= 4 is 5.97 Å². The Morgan fingerprint density at radius 3 is 3.10 bits per heavy atom. The van der Waals surface area contributed by atoms with Crippen LogP contribution in [0.15, 0.2) is 18.7 Å². The molecule has 0 saturated heterocycles. The zero-order chi connectivity index (χ0) is 7.40. The fourth-order valence-corrected chi connectivity index (χ4v) is 0.566. The molecule has 54 valence electrons. The molecule has 1 rings (SSSR count). The molecule has 4 nitrogen and oxygen atoms in total. The SMILES string of the molecule is CC(=O)OC[n+]1cc[nH]c1. The smallest absolute Gasteiger partial charge is 0.305 e. The number of rotatable bonds is 2. The second-order valence-electron chi connectivity index (χ2n) is 1.89. The molecule has 0 aliphatic rings. The summed E-state index contributed by atoms with van der Waals surface area (Å²) in [6.45, 7) is 1.66. The van der Waals surface area contributed by atoms with Crippen molar-refractivity contribution in [3.05, 3.63) is 18.7 Å². The van der Waals surface area contributed by atoms with E-state index in [9.17, 15) is 4.79 Å². The van der Waals surface area contributed by atoms with Crippen molar-refractivity contribution in [3.8, 4) is 0 Å². The fourth-order valence-electron chi connectivity index (χ4n) is 0.566. The maximum absolute atomic E-state index is 10.3. The van der Waals surface area contributed by atoms with Crippen LogP contribution in [-0.4, -0.2) is 11.0 Å². The van der Waals surface area contributed by atoms with E-state index in [0.717, 1.165) is 0 Å². The molecule has 0 fully saturated rings. The molecule has 0 amide bonds. The molecule has 0 aliphatic heterocycles. The minimum atomic E-state index is -0.270. The van der Waals surface area contributed by atoms with Crippen LogP contribution in [0.4, 0.5) is 0 Å². The predicted molar refractivity (Wildman–Crippen MR) is 32.8 cm³/mol. The Morgan fingerprint density at radius 1 is 1.80 bits per heavy atom. The van der Waals surface area contributed by atoms with Gasteiger partial charge in [-0.25, -0.2) is 4.57 Å². The summed E-state index contributed by atoms with van der Waals surface area (Å²) in [5.74, 6) is -0.270. The van der Waals surface area contributed by atoms with Gasteiger partial charge in [0, 0.05) is 6.92 Å². The molecule has 10 heavy (non-hydrogen) atoms. The second-order valence-corrected chi connectivity index (χ2v) is 1.89. The van der Waals surface area contributed by atoms with E-state index in [2.05, 4.69) is 4.98 Å². The van der Waals surface area contributed by atoms with Crippen LogP contribution in [0.3, 0.4) is 0 Å². The first-order valence-electron chi connectivity index (χ1n) is 2.94. The molecule has 1 aromatic rings. The summed E-state index contributed by atoms with van der Waals surface area (Å²) >= 11 is 0. The lowest BCUT2D eigenvalue weighted by Gasteiger charge is -1.94. The zero-order valence-corrected chi connectivity index (χ0v) is 5.70. The van der Waals surface area contributed by atoms with Gasteiger partial charge in [-0.1, -0.05) is 0 Å². The maximum Gasteiger partial charge on any atom is 0.305 e. The van der Waals surface area contributed by atoms with Crippen molar-refractivity contribution in [2.75, 3.05) is 0 Å². The molecule has 0 saturated carbocycles. The number of esters is 1. The minimum absolute atomic E-state index is 0.270. The van der Waals surface area contributed by atoms with Gasteiger partial charge >= 0.3 is 5.97 Å². The van der Waals surface area contributed by atoms with Gasteiger partial charge in [0.1, 0.15) is 12.4 Å². The van der Waals surface area contributed by atoms with Gasteiger partial charge < -0.3 is 4.74 Å². The first kappa shape index (κ1) is 6.80. The van der Waals surface area contributed by atoms with Crippen molar-refractivity contribution in [1.82, 2.24) is 4.98 Å². The van der Waals surface area contributed by atoms with Gasteiger partial charge in [0.2, 0.25) is 13.1 Å². The third-order valence-corrected chi connectivity index (χ3v) is 1.02. The van der Waals surface area contributed by atoms with Crippen LogP contribution in [0, 0.1) is 0 Å². The number of carbonyl (C=O) groups is 1. The summed E-state index contributed by atoms with van der Waals surface area (Å²) in [7, 11) is 0. The van der Waals surface area contributed by atoms with E-state index in [0.29, 0.717) is 0 Å². The molecule has 0 aliphatic carbocycles. The molecule has 0 bridgehead atoms. The van der Waals surface area contributed by atoms with Crippen molar-refractivity contribution in [3.63, 3.8) is 0 Å². The quantitative estimate of drug-likeness (QED) is 0.459. The predicted octanol–water partition coefficient (Wildman–Crippen LogP) is -0.177. The highest BCUT2D eigenvalue weighted by Crippen LogP contribution is 1.75. The van der Waals surface area contributed by atoms with E-state index in [-0.39, 0.29) is 12.7 Å². The summed E-state index contributed by atoms with van der Waals surface area (Å²) in [5.41, 5.74) is 0. The molecular weight excluding hydrogens is 132 g/mol. The Labute approximate surface area is 58.4 Å². The third kappa shape index (κ3) is 1.89. The van der Waals surface area contributed by atoms with Gasteiger partial charge in [-0.05, 0) is 0 Å². The number of hydrogen-bond donors (Lipinski definition) is 1. The number of aromatic amines is 1. The van der Waals surface area contributed by atoms with Crippen molar-refractivity contribution in [1.29, 1.82) is 0 Å². The Balaban J connectivity index is 2.35. The molecule has 0 atom stereocenters. The lowest BCUT2D eigenvalue weighted by molar-refractivity contribution is -0.726. The maximum atomic E-state index is 10.3. The lowest BCUT2D eigenvalue weighted by atomic mass is 10.8. The molecule has 0 radical (unpaired) electrons.